The Balaban J connectivity index is 0. The molecule has 4 heteroatoms. The smallest absolute Gasteiger partial charge is 0.232 e. The molecule has 1 aromatic heterocycles. The van der Waals surface area contributed by atoms with Crippen molar-refractivity contribution >= 4 is 11.8 Å². The zero-order chi connectivity index (χ0) is 13.0. The lowest BCUT2D eigenvalue weighted by Gasteiger charge is -2.01. The number of aromatic nitrogens is 1. The van der Waals surface area contributed by atoms with E-state index < -0.39 is 0 Å². The number of methoxy groups -OCH3 is 1. The predicted octanol–water partition coefficient (Wildman–Crippen LogP) is 3.74. The summed E-state index contributed by atoms with van der Waals surface area (Å²) in [5.74, 6) is 0.393. The first-order valence-corrected chi connectivity index (χ1v) is 6.53. The molecule has 0 aliphatic heterocycles. The van der Waals surface area contributed by atoms with Gasteiger partial charge < -0.3 is 4.74 Å². The van der Waals surface area contributed by atoms with Gasteiger partial charge in [-0.15, -0.1) is 11.8 Å². The van der Waals surface area contributed by atoms with E-state index in [9.17, 15) is 0 Å². The summed E-state index contributed by atoms with van der Waals surface area (Å²) in [7, 11) is 1.51. The number of hydrogen-bond acceptors (Lipinski definition) is 4. The summed E-state index contributed by atoms with van der Waals surface area (Å²) in [6.45, 7) is 8.00. The molecule has 16 heavy (non-hydrogen) atoms. The highest BCUT2D eigenvalue weighted by Gasteiger charge is 2.03. The Kier molecular flexibility index (Phi) is 12.7. The average molecular weight is 240 g/mol. The molecule has 0 saturated heterocycles. The first-order valence-electron chi connectivity index (χ1n) is 5.31. The Hall–Kier alpha value is -1.21. The Morgan fingerprint density at radius 2 is 1.81 bits per heavy atom. The standard InChI is InChI=1S/C8H8N2OS.2C2H6/c1-11-8-6(5-9)3-4-7(10-8)12-2;2*1-2/h3-4H,1-2H3;2*1-2H3. The van der Waals surface area contributed by atoms with Gasteiger partial charge in [0.05, 0.1) is 12.1 Å². The molecule has 0 radical (unpaired) electrons. The topological polar surface area (TPSA) is 45.9 Å². The summed E-state index contributed by atoms with van der Waals surface area (Å²) in [5.41, 5.74) is 0.468. The normalized spacial score (nSPS) is 7.56. The summed E-state index contributed by atoms with van der Waals surface area (Å²) < 4.78 is 4.93. The van der Waals surface area contributed by atoms with E-state index in [1.54, 1.807) is 12.1 Å². The van der Waals surface area contributed by atoms with Crippen LogP contribution >= 0.6 is 11.8 Å². The Morgan fingerprint density at radius 1 is 1.25 bits per heavy atom. The molecule has 0 atom stereocenters. The molecule has 0 spiro atoms. The average Bonchev–Trinajstić information content (AvgIpc) is 2.42. The Morgan fingerprint density at radius 3 is 2.19 bits per heavy atom. The molecule has 0 amide bonds. The number of nitriles is 1. The van der Waals surface area contributed by atoms with Gasteiger partial charge in [-0.2, -0.15) is 5.26 Å². The number of thioether (sulfide) groups is 1. The van der Waals surface area contributed by atoms with Crippen molar-refractivity contribution in [3.8, 4) is 11.9 Å². The lowest BCUT2D eigenvalue weighted by molar-refractivity contribution is 0.393. The third kappa shape index (κ3) is 5.62. The van der Waals surface area contributed by atoms with Crippen molar-refractivity contribution in [2.45, 2.75) is 32.7 Å². The van der Waals surface area contributed by atoms with Gasteiger partial charge in [-0.3, -0.25) is 0 Å². The fourth-order valence-corrected chi connectivity index (χ4v) is 1.16. The van der Waals surface area contributed by atoms with Crippen LogP contribution in [0.1, 0.15) is 33.3 Å². The van der Waals surface area contributed by atoms with E-state index in [1.807, 2.05) is 40.0 Å². The minimum absolute atomic E-state index is 0.393. The maximum atomic E-state index is 8.64. The molecule has 0 unspecified atom stereocenters. The van der Waals surface area contributed by atoms with Crippen molar-refractivity contribution in [3.05, 3.63) is 17.7 Å². The van der Waals surface area contributed by atoms with E-state index in [-0.39, 0.29) is 0 Å². The summed E-state index contributed by atoms with van der Waals surface area (Å²) in [6, 6.07) is 5.50. The van der Waals surface area contributed by atoms with E-state index >= 15 is 0 Å². The second kappa shape index (κ2) is 11.9. The third-order valence-electron chi connectivity index (χ3n) is 1.36. The quantitative estimate of drug-likeness (QED) is 0.739. The van der Waals surface area contributed by atoms with Gasteiger partial charge in [0.15, 0.2) is 0 Å². The van der Waals surface area contributed by atoms with Gasteiger partial charge in [0.1, 0.15) is 11.6 Å². The van der Waals surface area contributed by atoms with Crippen LogP contribution in [0.5, 0.6) is 5.88 Å². The summed E-state index contributed by atoms with van der Waals surface area (Å²) in [4.78, 5) is 4.10. The Labute approximate surface area is 103 Å². The molecule has 0 saturated carbocycles. The number of hydrogen-bond donors (Lipinski definition) is 0. The van der Waals surface area contributed by atoms with Crippen LogP contribution in [-0.2, 0) is 0 Å². The molecular weight excluding hydrogens is 220 g/mol. The van der Waals surface area contributed by atoms with Crippen LogP contribution < -0.4 is 4.74 Å². The van der Waals surface area contributed by atoms with Crippen LogP contribution in [0.25, 0.3) is 0 Å². The van der Waals surface area contributed by atoms with E-state index in [1.165, 1.54) is 18.9 Å². The van der Waals surface area contributed by atoms with E-state index in [0.717, 1.165) is 5.03 Å². The number of nitrogens with zero attached hydrogens (tertiary/aromatic N) is 2. The molecule has 0 aliphatic rings. The van der Waals surface area contributed by atoms with Crippen molar-refractivity contribution in [2.75, 3.05) is 13.4 Å². The molecule has 90 valence electrons. The van der Waals surface area contributed by atoms with Crippen LogP contribution in [0, 0.1) is 11.3 Å². The minimum Gasteiger partial charge on any atom is -0.480 e. The van der Waals surface area contributed by atoms with E-state index in [2.05, 4.69) is 4.98 Å². The van der Waals surface area contributed by atoms with Gasteiger partial charge in [0, 0.05) is 0 Å². The SMILES string of the molecule is CC.CC.COc1nc(SC)ccc1C#N. The van der Waals surface area contributed by atoms with Crippen molar-refractivity contribution in [1.29, 1.82) is 5.26 Å². The number of pyridine rings is 1. The monoisotopic (exact) mass is 240 g/mol. The van der Waals surface area contributed by atoms with Crippen molar-refractivity contribution in [2.24, 2.45) is 0 Å². The second-order valence-electron chi connectivity index (χ2n) is 2.02. The largest absolute Gasteiger partial charge is 0.480 e. The lowest BCUT2D eigenvalue weighted by atomic mass is 10.3. The molecule has 0 aliphatic carbocycles. The maximum Gasteiger partial charge on any atom is 0.232 e. The molecule has 1 aromatic rings. The van der Waals surface area contributed by atoms with E-state index in [4.69, 9.17) is 10.00 Å². The molecule has 0 bridgehead atoms. The lowest BCUT2D eigenvalue weighted by Crippen LogP contribution is -1.92. The van der Waals surface area contributed by atoms with Crippen LogP contribution in [0.4, 0.5) is 0 Å². The Bertz CT molecular complexity index is 321. The zero-order valence-electron chi connectivity index (χ0n) is 10.9. The van der Waals surface area contributed by atoms with Gasteiger partial charge in [0.2, 0.25) is 5.88 Å². The minimum atomic E-state index is 0.393. The van der Waals surface area contributed by atoms with Gasteiger partial charge in [-0.1, -0.05) is 27.7 Å². The molecular formula is C12H20N2OS. The fourth-order valence-electron chi connectivity index (χ4n) is 0.778. The van der Waals surface area contributed by atoms with Crippen LogP contribution in [0.2, 0.25) is 0 Å². The number of rotatable bonds is 2. The molecule has 1 rings (SSSR count). The fraction of sp³-hybridized carbons (Fsp3) is 0.500. The van der Waals surface area contributed by atoms with Crippen LogP contribution in [-0.4, -0.2) is 18.3 Å². The van der Waals surface area contributed by atoms with Gasteiger partial charge in [-0.25, -0.2) is 4.98 Å². The maximum absolute atomic E-state index is 8.64. The zero-order valence-corrected chi connectivity index (χ0v) is 11.7. The second-order valence-corrected chi connectivity index (χ2v) is 2.85. The summed E-state index contributed by atoms with van der Waals surface area (Å²) in [5, 5.41) is 9.49. The first-order chi connectivity index (χ1) is 7.81. The van der Waals surface area contributed by atoms with Crippen LogP contribution in [0.15, 0.2) is 17.2 Å². The number of ether oxygens (including phenoxy) is 1. The highest BCUT2D eigenvalue weighted by Crippen LogP contribution is 2.19. The van der Waals surface area contributed by atoms with Gasteiger partial charge in [-0.05, 0) is 18.4 Å². The predicted molar refractivity (Wildman–Crippen MR) is 70.0 cm³/mol. The summed E-state index contributed by atoms with van der Waals surface area (Å²) >= 11 is 1.52. The highest BCUT2D eigenvalue weighted by atomic mass is 32.2. The van der Waals surface area contributed by atoms with Gasteiger partial charge >= 0.3 is 0 Å². The van der Waals surface area contributed by atoms with Crippen LogP contribution in [0.3, 0.4) is 0 Å². The highest BCUT2D eigenvalue weighted by molar-refractivity contribution is 7.98. The summed E-state index contributed by atoms with van der Waals surface area (Å²) in [6.07, 6.45) is 1.92. The molecule has 0 N–H and O–H groups in total. The van der Waals surface area contributed by atoms with Crippen molar-refractivity contribution < 1.29 is 4.74 Å². The molecule has 3 nitrogen and oxygen atoms in total. The van der Waals surface area contributed by atoms with Gasteiger partial charge in [0.25, 0.3) is 0 Å². The van der Waals surface area contributed by atoms with Crippen molar-refractivity contribution in [3.63, 3.8) is 0 Å². The third-order valence-corrected chi connectivity index (χ3v) is 2.00. The molecule has 0 aromatic carbocycles. The first kappa shape index (κ1) is 17.2. The van der Waals surface area contributed by atoms with E-state index in [0.29, 0.717) is 11.4 Å². The molecule has 1 heterocycles. The van der Waals surface area contributed by atoms with Crippen molar-refractivity contribution in [1.82, 2.24) is 4.98 Å². The molecule has 0 fully saturated rings.